The van der Waals surface area contributed by atoms with Gasteiger partial charge in [-0.3, -0.25) is 9.59 Å². The first-order valence-electron chi connectivity index (χ1n) is 8.00. The molecule has 0 spiro atoms. The van der Waals surface area contributed by atoms with E-state index in [1.807, 2.05) is 11.9 Å². The Morgan fingerprint density at radius 1 is 1.27 bits per heavy atom. The molecule has 2 amide bonds. The maximum atomic E-state index is 12.7. The number of likely N-dealkylation sites (tertiary alicyclic amines) is 1. The van der Waals surface area contributed by atoms with E-state index in [-0.39, 0.29) is 30.3 Å². The lowest BCUT2D eigenvalue weighted by Gasteiger charge is -2.35. The van der Waals surface area contributed by atoms with Crippen LogP contribution in [0, 0.1) is 0 Å². The number of nitrogens with one attached hydrogen (secondary N) is 1. The highest BCUT2D eigenvalue weighted by atomic mass is 35.5. The van der Waals surface area contributed by atoms with Crippen LogP contribution in [0.15, 0.2) is 0 Å². The largest absolute Gasteiger partial charge is 0.341 e. The maximum absolute atomic E-state index is 12.7. The number of piperidine rings is 1. The molecule has 0 aliphatic carbocycles. The fraction of sp³-hybridized carbons (Fsp3) is 0.867. The molecule has 2 fully saturated rings. The van der Waals surface area contributed by atoms with Crippen LogP contribution in [0.25, 0.3) is 0 Å². The highest BCUT2D eigenvalue weighted by Crippen LogP contribution is 2.25. The zero-order chi connectivity index (χ0) is 15.2. The molecule has 1 N–H and O–H groups in total. The van der Waals surface area contributed by atoms with Crippen molar-refractivity contribution in [3.05, 3.63) is 0 Å². The van der Waals surface area contributed by atoms with Gasteiger partial charge in [0.15, 0.2) is 0 Å². The summed E-state index contributed by atoms with van der Waals surface area (Å²) in [5.74, 6) is 1.72. The molecule has 128 valence electrons. The van der Waals surface area contributed by atoms with Crippen LogP contribution in [0.5, 0.6) is 0 Å². The molecule has 2 aliphatic rings. The van der Waals surface area contributed by atoms with Crippen molar-refractivity contribution >= 4 is 36.0 Å². The van der Waals surface area contributed by atoms with Gasteiger partial charge in [0.05, 0.1) is 5.88 Å². The van der Waals surface area contributed by atoms with Crippen molar-refractivity contribution in [2.45, 2.75) is 51.1 Å². The average molecular weight is 350 g/mol. The van der Waals surface area contributed by atoms with Crippen molar-refractivity contribution in [3.8, 4) is 0 Å². The Morgan fingerprint density at radius 3 is 2.55 bits per heavy atom. The molecule has 0 bridgehead atoms. The number of carbonyl (C=O) groups is 2. The van der Waals surface area contributed by atoms with Crippen LogP contribution in [0.2, 0.25) is 0 Å². The van der Waals surface area contributed by atoms with E-state index in [1.165, 1.54) is 0 Å². The summed E-state index contributed by atoms with van der Waals surface area (Å²) < 4.78 is 0. The van der Waals surface area contributed by atoms with E-state index < -0.39 is 0 Å². The smallest absolute Gasteiger partial charge is 0.246 e. The van der Waals surface area contributed by atoms with E-state index in [2.05, 4.69) is 12.2 Å². The van der Waals surface area contributed by atoms with Crippen LogP contribution in [0.1, 0.15) is 39.0 Å². The van der Waals surface area contributed by atoms with Gasteiger partial charge in [0, 0.05) is 31.3 Å². The van der Waals surface area contributed by atoms with E-state index in [4.69, 9.17) is 0 Å². The van der Waals surface area contributed by atoms with Crippen molar-refractivity contribution in [2.24, 2.45) is 0 Å². The second-order valence-corrected chi connectivity index (χ2v) is 6.87. The van der Waals surface area contributed by atoms with Gasteiger partial charge in [0.25, 0.3) is 0 Å². The Bertz CT molecular complexity index is 376. The average Bonchev–Trinajstić information content (AvgIpc) is 3.01. The molecular weight excluding hydrogens is 322 g/mol. The van der Waals surface area contributed by atoms with Crippen molar-refractivity contribution in [3.63, 3.8) is 0 Å². The molecule has 0 saturated carbocycles. The Morgan fingerprint density at radius 2 is 1.95 bits per heavy atom. The molecule has 2 saturated heterocycles. The summed E-state index contributed by atoms with van der Waals surface area (Å²) >= 11 is 1.69. The van der Waals surface area contributed by atoms with E-state index in [0.29, 0.717) is 18.3 Å². The molecule has 0 aromatic heterocycles. The third-order valence-electron chi connectivity index (χ3n) is 4.45. The van der Waals surface area contributed by atoms with Crippen molar-refractivity contribution in [1.82, 2.24) is 15.1 Å². The zero-order valence-corrected chi connectivity index (χ0v) is 15.2. The molecule has 2 aliphatic heterocycles. The lowest BCUT2D eigenvalue weighted by atomic mass is 10.0. The second-order valence-electron chi connectivity index (χ2n) is 5.87. The standard InChI is InChI=1S/C15H27N3O2S.ClH/c1-3-4-5-14(19)18-11-21-10-13(18)15(20)17-8-6-12(16-2)7-9-17;/h12-13,16H,3-11H2,1-2H3;1H. The minimum Gasteiger partial charge on any atom is -0.341 e. The van der Waals surface area contributed by atoms with Crippen LogP contribution in [0.3, 0.4) is 0 Å². The number of hydrogen-bond acceptors (Lipinski definition) is 4. The van der Waals surface area contributed by atoms with Crippen LogP contribution >= 0.6 is 24.2 Å². The Balaban J connectivity index is 0.00000242. The highest BCUT2D eigenvalue weighted by Gasteiger charge is 2.37. The summed E-state index contributed by atoms with van der Waals surface area (Å²) in [6.07, 6.45) is 4.51. The molecule has 1 unspecified atom stereocenters. The predicted molar refractivity (Wildman–Crippen MR) is 93.4 cm³/mol. The van der Waals surface area contributed by atoms with Gasteiger partial charge in [-0.05, 0) is 26.3 Å². The van der Waals surface area contributed by atoms with Gasteiger partial charge in [-0.25, -0.2) is 0 Å². The number of nitrogens with zero attached hydrogens (tertiary/aromatic N) is 2. The fourth-order valence-corrected chi connectivity index (χ4v) is 4.14. The molecule has 7 heteroatoms. The third-order valence-corrected chi connectivity index (χ3v) is 5.46. The number of rotatable bonds is 5. The summed E-state index contributed by atoms with van der Waals surface area (Å²) in [6.45, 7) is 3.70. The summed E-state index contributed by atoms with van der Waals surface area (Å²) in [7, 11) is 1.98. The summed E-state index contributed by atoms with van der Waals surface area (Å²) in [4.78, 5) is 28.7. The fourth-order valence-electron chi connectivity index (χ4n) is 2.96. The quantitative estimate of drug-likeness (QED) is 0.821. The summed E-state index contributed by atoms with van der Waals surface area (Å²) in [6, 6.07) is 0.291. The predicted octanol–water partition coefficient (Wildman–Crippen LogP) is 1.71. The van der Waals surface area contributed by atoms with Gasteiger partial charge >= 0.3 is 0 Å². The normalized spacial score (nSPS) is 22.5. The first kappa shape index (κ1) is 19.6. The first-order valence-corrected chi connectivity index (χ1v) is 9.16. The minimum atomic E-state index is -0.231. The van der Waals surface area contributed by atoms with Gasteiger partial charge in [0.1, 0.15) is 6.04 Å². The van der Waals surface area contributed by atoms with Crippen LogP contribution in [0.4, 0.5) is 0 Å². The molecular formula is C15H28ClN3O2S. The lowest BCUT2D eigenvalue weighted by molar-refractivity contribution is -0.144. The Kier molecular flexibility index (Phi) is 8.57. The van der Waals surface area contributed by atoms with Crippen molar-refractivity contribution in [1.29, 1.82) is 0 Å². The molecule has 2 rings (SSSR count). The van der Waals surface area contributed by atoms with E-state index in [1.54, 1.807) is 16.7 Å². The topological polar surface area (TPSA) is 52.7 Å². The number of halogens is 1. The SMILES string of the molecule is CCCCC(=O)N1CSCC1C(=O)N1CCC(NC)CC1.Cl. The monoisotopic (exact) mass is 349 g/mol. The van der Waals surface area contributed by atoms with Gasteiger partial charge < -0.3 is 15.1 Å². The number of amides is 2. The molecule has 0 aromatic carbocycles. The molecule has 1 atom stereocenters. The summed E-state index contributed by atoms with van der Waals surface area (Å²) in [5.41, 5.74) is 0. The van der Waals surface area contributed by atoms with Crippen LogP contribution in [-0.4, -0.2) is 65.5 Å². The highest BCUT2D eigenvalue weighted by molar-refractivity contribution is 7.99. The van der Waals surface area contributed by atoms with E-state index in [9.17, 15) is 9.59 Å². The molecule has 22 heavy (non-hydrogen) atoms. The molecule has 5 nitrogen and oxygen atoms in total. The van der Waals surface area contributed by atoms with Gasteiger partial charge in [-0.1, -0.05) is 13.3 Å². The summed E-state index contributed by atoms with van der Waals surface area (Å²) in [5, 5.41) is 3.28. The first-order chi connectivity index (χ1) is 10.2. The van der Waals surface area contributed by atoms with Crippen molar-refractivity contribution < 1.29 is 9.59 Å². The number of unbranched alkanes of at least 4 members (excludes halogenated alkanes) is 1. The lowest BCUT2D eigenvalue weighted by Crippen LogP contribution is -2.52. The van der Waals surface area contributed by atoms with E-state index in [0.717, 1.165) is 44.5 Å². The number of thioether (sulfide) groups is 1. The minimum absolute atomic E-state index is 0. The van der Waals surface area contributed by atoms with Crippen LogP contribution < -0.4 is 5.32 Å². The van der Waals surface area contributed by atoms with Gasteiger partial charge in [0.2, 0.25) is 11.8 Å². The third kappa shape index (κ3) is 4.77. The molecule has 2 heterocycles. The van der Waals surface area contributed by atoms with Crippen molar-refractivity contribution in [2.75, 3.05) is 31.8 Å². The number of hydrogen-bond donors (Lipinski definition) is 1. The molecule has 0 aromatic rings. The van der Waals surface area contributed by atoms with E-state index >= 15 is 0 Å². The Labute approximate surface area is 144 Å². The van der Waals surface area contributed by atoms with Gasteiger partial charge in [-0.15, -0.1) is 24.2 Å². The second kappa shape index (κ2) is 9.63. The zero-order valence-electron chi connectivity index (χ0n) is 13.5. The molecule has 0 radical (unpaired) electrons. The Hall–Kier alpha value is -0.460. The van der Waals surface area contributed by atoms with Crippen LogP contribution in [-0.2, 0) is 9.59 Å². The van der Waals surface area contributed by atoms with Gasteiger partial charge in [-0.2, -0.15) is 0 Å². The number of carbonyl (C=O) groups excluding carboxylic acids is 2. The maximum Gasteiger partial charge on any atom is 0.246 e.